The van der Waals surface area contributed by atoms with Crippen LogP contribution in [-0.2, 0) is 20.7 Å². The third kappa shape index (κ3) is 3.58. The van der Waals surface area contributed by atoms with Gasteiger partial charge in [0.05, 0.1) is 12.5 Å². The van der Waals surface area contributed by atoms with Gasteiger partial charge in [-0.1, -0.05) is 24.3 Å². The van der Waals surface area contributed by atoms with Crippen molar-refractivity contribution in [2.75, 3.05) is 6.61 Å². The summed E-state index contributed by atoms with van der Waals surface area (Å²) in [5.74, 6) is 2.12. The van der Waals surface area contributed by atoms with Gasteiger partial charge in [-0.2, -0.15) is 0 Å². The Bertz CT molecular complexity index is 736. The molecule has 6 rings (SSSR count). The summed E-state index contributed by atoms with van der Waals surface area (Å²) in [6.45, 7) is -0.149. The van der Waals surface area contributed by atoms with Crippen LogP contribution in [0.2, 0.25) is 0 Å². The fourth-order valence-corrected chi connectivity index (χ4v) is 7.15. The molecule has 0 aliphatic heterocycles. The number of hydrogen-bond donors (Lipinski definition) is 1. The number of benzene rings is 1. The molecule has 4 bridgehead atoms. The van der Waals surface area contributed by atoms with E-state index in [4.69, 9.17) is 4.74 Å². The Morgan fingerprint density at radius 3 is 2.43 bits per heavy atom. The number of amides is 1. The average molecular weight is 382 g/mol. The molecule has 5 aliphatic rings. The highest BCUT2D eigenvalue weighted by molar-refractivity contribution is 5.81. The number of esters is 1. The molecule has 1 atom stereocenters. The van der Waals surface area contributed by atoms with Gasteiger partial charge in [0, 0.05) is 0 Å². The van der Waals surface area contributed by atoms with Crippen molar-refractivity contribution in [3.8, 4) is 0 Å². The molecule has 0 radical (unpaired) electrons. The summed E-state index contributed by atoms with van der Waals surface area (Å²) in [7, 11) is 0. The summed E-state index contributed by atoms with van der Waals surface area (Å²) in [4.78, 5) is 24.9. The second-order valence-electron chi connectivity index (χ2n) is 9.97. The standard InChI is InChI=1S/C24H31NO3/c26-22(25-21-7-3-5-19-4-1-2-6-20(19)21)15-28-23(27)14-24-11-16-8-17(12-24)10-18(9-16)13-24/h1-2,4,6,16-18,21H,3,5,7-15H2,(H,25,26). The molecule has 1 amide bonds. The molecule has 0 heterocycles. The molecule has 1 aromatic carbocycles. The highest BCUT2D eigenvalue weighted by atomic mass is 16.5. The van der Waals surface area contributed by atoms with Gasteiger partial charge < -0.3 is 10.1 Å². The summed E-state index contributed by atoms with van der Waals surface area (Å²) >= 11 is 0. The zero-order valence-corrected chi connectivity index (χ0v) is 16.6. The third-order valence-electron chi connectivity index (χ3n) is 7.75. The molecular formula is C24H31NO3. The van der Waals surface area contributed by atoms with Crippen LogP contribution >= 0.6 is 0 Å². The third-order valence-corrected chi connectivity index (χ3v) is 7.75. The van der Waals surface area contributed by atoms with Gasteiger partial charge in [-0.25, -0.2) is 0 Å². The number of carbonyl (C=O) groups is 2. The zero-order valence-electron chi connectivity index (χ0n) is 16.6. The first-order valence-electron chi connectivity index (χ1n) is 11.1. The number of carbonyl (C=O) groups excluding carboxylic acids is 2. The van der Waals surface area contributed by atoms with E-state index in [0.717, 1.165) is 37.0 Å². The predicted octanol–water partition coefficient (Wildman–Crippen LogP) is 4.33. The number of aryl methyl sites for hydroxylation is 1. The molecule has 0 aromatic heterocycles. The summed E-state index contributed by atoms with van der Waals surface area (Å²) < 4.78 is 5.42. The first-order valence-corrected chi connectivity index (χ1v) is 11.1. The van der Waals surface area contributed by atoms with Crippen molar-refractivity contribution < 1.29 is 14.3 Å². The molecule has 4 heteroatoms. The van der Waals surface area contributed by atoms with Gasteiger partial charge in [0.2, 0.25) is 0 Å². The lowest BCUT2D eigenvalue weighted by atomic mass is 9.49. The lowest BCUT2D eigenvalue weighted by Crippen LogP contribution is -2.47. The molecule has 4 saturated carbocycles. The largest absolute Gasteiger partial charge is 0.456 e. The second-order valence-corrected chi connectivity index (χ2v) is 9.97. The maximum atomic E-state index is 12.5. The van der Waals surface area contributed by atoms with Crippen LogP contribution in [0, 0.1) is 23.2 Å². The quantitative estimate of drug-likeness (QED) is 0.773. The van der Waals surface area contributed by atoms with Gasteiger partial charge in [-0.15, -0.1) is 0 Å². The van der Waals surface area contributed by atoms with Crippen molar-refractivity contribution in [3.05, 3.63) is 35.4 Å². The van der Waals surface area contributed by atoms with Crippen LogP contribution < -0.4 is 5.32 Å². The minimum absolute atomic E-state index is 0.0410. The van der Waals surface area contributed by atoms with Crippen molar-refractivity contribution in [3.63, 3.8) is 0 Å². The number of nitrogens with one attached hydrogen (secondary N) is 1. The monoisotopic (exact) mass is 381 g/mol. The fourth-order valence-electron chi connectivity index (χ4n) is 7.15. The van der Waals surface area contributed by atoms with Gasteiger partial charge in [-0.3, -0.25) is 9.59 Å². The predicted molar refractivity (Wildman–Crippen MR) is 106 cm³/mol. The summed E-state index contributed by atoms with van der Waals surface area (Å²) in [6.07, 6.45) is 11.3. The van der Waals surface area contributed by atoms with Gasteiger partial charge in [0.25, 0.3) is 5.91 Å². The summed E-state index contributed by atoms with van der Waals surface area (Å²) in [6, 6.07) is 8.35. The fraction of sp³-hybridized carbons (Fsp3) is 0.667. The highest BCUT2D eigenvalue weighted by Crippen LogP contribution is 2.61. The number of ether oxygens (including phenoxy) is 1. The maximum absolute atomic E-state index is 12.5. The topological polar surface area (TPSA) is 55.4 Å². The van der Waals surface area contributed by atoms with E-state index in [0.29, 0.717) is 6.42 Å². The van der Waals surface area contributed by atoms with E-state index < -0.39 is 0 Å². The van der Waals surface area contributed by atoms with Crippen LogP contribution in [0.3, 0.4) is 0 Å². The molecule has 0 spiro atoms. The van der Waals surface area contributed by atoms with E-state index in [1.807, 2.05) is 6.07 Å². The van der Waals surface area contributed by atoms with Crippen LogP contribution in [0.15, 0.2) is 24.3 Å². The number of hydrogen-bond acceptors (Lipinski definition) is 3. The Hall–Kier alpha value is -1.84. The smallest absolute Gasteiger partial charge is 0.306 e. The highest BCUT2D eigenvalue weighted by Gasteiger charge is 2.51. The molecular weight excluding hydrogens is 350 g/mol. The van der Waals surface area contributed by atoms with E-state index in [9.17, 15) is 9.59 Å². The molecule has 4 fully saturated rings. The van der Waals surface area contributed by atoms with Crippen molar-refractivity contribution in [2.45, 2.75) is 70.3 Å². The molecule has 4 nitrogen and oxygen atoms in total. The molecule has 1 aromatic rings. The van der Waals surface area contributed by atoms with Crippen LogP contribution in [0.25, 0.3) is 0 Å². The molecule has 150 valence electrons. The van der Waals surface area contributed by atoms with Gasteiger partial charge >= 0.3 is 5.97 Å². The number of fused-ring (bicyclic) bond motifs is 1. The molecule has 28 heavy (non-hydrogen) atoms. The van der Waals surface area contributed by atoms with Crippen molar-refractivity contribution in [2.24, 2.45) is 23.2 Å². The van der Waals surface area contributed by atoms with Crippen molar-refractivity contribution >= 4 is 11.9 Å². The molecule has 1 unspecified atom stereocenters. The molecule has 1 N–H and O–H groups in total. The van der Waals surface area contributed by atoms with Crippen LogP contribution in [0.1, 0.15) is 75.0 Å². The molecule has 0 saturated heterocycles. The van der Waals surface area contributed by atoms with E-state index in [-0.39, 0.29) is 29.9 Å². The second kappa shape index (κ2) is 7.20. The van der Waals surface area contributed by atoms with Crippen LogP contribution in [0.5, 0.6) is 0 Å². The van der Waals surface area contributed by atoms with Crippen molar-refractivity contribution in [1.82, 2.24) is 5.32 Å². The Balaban J connectivity index is 1.13. The van der Waals surface area contributed by atoms with Gasteiger partial charge in [0.1, 0.15) is 0 Å². The summed E-state index contributed by atoms with van der Waals surface area (Å²) in [5.41, 5.74) is 2.70. The van der Waals surface area contributed by atoms with Crippen LogP contribution in [0.4, 0.5) is 0 Å². The Morgan fingerprint density at radius 2 is 1.71 bits per heavy atom. The first kappa shape index (κ1) is 18.2. The first-order chi connectivity index (χ1) is 13.6. The van der Waals surface area contributed by atoms with E-state index >= 15 is 0 Å². The lowest BCUT2D eigenvalue weighted by molar-refractivity contribution is -0.155. The Labute approximate surface area is 167 Å². The minimum Gasteiger partial charge on any atom is -0.456 e. The SMILES string of the molecule is O=C(COC(=O)CC12CC3CC(CC(C3)C1)C2)NC1CCCc2ccccc21. The average Bonchev–Trinajstić information content (AvgIpc) is 2.65. The van der Waals surface area contributed by atoms with Gasteiger partial charge in [-0.05, 0) is 92.1 Å². The Morgan fingerprint density at radius 1 is 1.04 bits per heavy atom. The number of rotatable bonds is 5. The van der Waals surface area contributed by atoms with E-state index in [2.05, 4.69) is 23.5 Å². The van der Waals surface area contributed by atoms with Gasteiger partial charge in [0.15, 0.2) is 6.61 Å². The normalized spacial score (nSPS) is 35.3. The summed E-state index contributed by atoms with van der Waals surface area (Å²) in [5, 5.41) is 3.07. The minimum atomic E-state index is -0.180. The zero-order chi connectivity index (χ0) is 19.1. The van der Waals surface area contributed by atoms with Crippen LogP contribution in [-0.4, -0.2) is 18.5 Å². The molecule has 5 aliphatic carbocycles. The maximum Gasteiger partial charge on any atom is 0.306 e. The lowest BCUT2D eigenvalue weighted by Gasteiger charge is -2.56. The van der Waals surface area contributed by atoms with E-state index in [1.54, 1.807) is 0 Å². The Kier molecular flexibility index (Phi) is 4.68. The van der Waals surface area contributed by atoms with Crippen molar-refractivity contribution in [1.29, 1.82) is 0 Å². The van der Waals surface area contributed by atoms with E-state index in [1.165, 1.54) is 49.7 Å².